The molecule has 1 N–H and O–H groups in total. The summed E-state index contributed by atoms with van der Waals surface area (Å²) in [6, 6.07) is 19.3. The third-order valence-electron chi connectivity index (χ3n) is 5.12. The lowest BCUT2D eigenvalue weighted by Crippen LogP contribution is -2.14. The Morgan fingerprint density at radius 1 is 1.18 bits per heavy atom. The summed E-state index contributed by atoms with van der Waals surface area (Å²) in [5, 5.41) is 13.0. The number of nitriles is 1. The normalized spacial score (nSPS) is 11.1. The van der Waals surface area contributed by atoms with Crippen LogP contribution < -0.4 is 10.1 Å². The minimum Gasteiger partial charge on any atom is -0.494 e. The van der Waals surface area contributed by atoms with E-state index in [1.807, 2.05) is 75.4 Å². The van der Waals surface area contributed by atoms with Crippen LogP contribution in [0.15, 0.2) is 64.6 Å². The number of benzene rings is 3. The molecule has 0 spiro atoms. The lowest BCUT2D eigenvalue weighted by molar-refractivity contribution is -0.112. The minimum absolute atomic E-state index is 0.0204. The molecular formula is C27H24BrClN2O2. The van der Waals surface area contributed by atoms with Crippen molar-refractivity contribution in [3.05, 3.63) is 97.5 Å². The molecule has 1 amide bonds. The van der Waals surface area contributed by atoms with E-state index in [1.54, 1.807) is 6.07 Å². The van der Waals surface area contributed by atoms with Gasteiger partial charge in [-0.25, -0.2) is 0 Å². The standard InChI is InChI=1S/C27H24BrClN2O2/c1-4-33-26-14-19(13-24(29)22(26)15-20-7-5-6-8-23(20)28)12-21(16-30)27(32)31-25-11-17(2)9-10-18(25)3/h5-14H,4,15H2,1-3H3,(H,31,32)/b21-12+. The van der Waals surface area contributed by atoms with Crippen molar-refractivity contribution >= 4 is 45.2 Å². The average Bonchev–Trinajstić information content (AvgIpc) is 2.78. The number of hydrogen-bond donors (Lipinski definition) is 1. The van der Waals surface area contributed by atoms with E-state index in [0.29, 0.717) is 35.1 Å². The number of anilines is 1. The van der Waals surface area contributed by atoms with Crippen molar-refractivity contribution in [1.82, 2.24) is 0 Å². The van der Waals surface area contributed by atoms with Gasteiger partial charge in [0.15, 0.2) is 0 Å². The molecule has 0 heterocycles. The molecule has 3 aromatic carbocycles. The van der Waals surface area contributed by atoms with Gasteiger partial charge in [0.2, 0.25) is 0 Å². The van der Waals surface area contributed by atoms with E-state index < -0.39 is 5.91 Å². The first kappa shape index (κ1) is 24.6. The third kappa shape index (κ3) is 6.25. The maximum atomic E-state index is 12.8. The number of carbonyl (C=O) groups is 1. The summed E-state index contributed by atoms with van der Waals surface area (Å²) in [5.41, 5.74) is 5.14. The molecule has 0 saturated carbocycles. The van der Waals surface area contributed by atoms with Gasteiger partial charge in [0.1, 0.15) is 17.4 Å². The maximum Gasteiger partial charge on any atom is 0.266 e. The van der Waals surface area contributed by atoms with Gasteiger partial charge in [-0.3, -0.25) is 4.79 Å². The molecule has 0 bridgehead atoms. The summed E-state index contributed by atoms with van der Waals surface area (Å²) in [4.78, 5) is 12.8. The highest BCUT2D eigenvalue weighted by Crippen LogP contribution is 2.33. The highest BCUT2D eigenvalue weighted by Gasteiger charge is 2.15. The van der Waals surface area contributed by atoms with E-state index in [1.165, 1.54) is 6.08 Å². The van der Waals surface area contributed by atoms with Gasteiger partial charge in [0, 0.05) is 27.2 Å². The fourth-order valence-corrected chi connectivity index (χ4v) is 4.09. The Balaban J connectivity index is 1.94. The van der Waals surface area contributed by atoms with Crippen LogP contribution >= 0.6 is 27.5 Å². The van der Waals surface area contributed by atoms with Gasteiger partial charge < -0.3 is 10.1 Å². The molecule has 33 heavy (non-hydrogen) atoms. The Morgan fingerprint density at radius 2 is 1.94 bits per heavy atom. The van der Waals surface area contributed by atoms with Gasteiger partial charge >= 0.3 is 0 Å². The summed E-state index contributed by atoms with van der Waals surface area (Å²) in [5.74, 6) is 0.150. The number of ether oxygens (including phenoxy) is 1. The number of aryl methyl sites for hydroxylation is 2. The van der Waals surface area contributed by atoms with Crippen LogP contribution in [0.1, 0.15) is 34.7 Å². The maximum absolute atomic E-state index is 12.8. The quantitative estimate of drug-likeness (QED) is 0.262. The van der Waals surface area contributed by atoms with E-state index in [-0.39, 0.29) is 5.57 Å². The van der Waals surface area contributed by atoms with Gasteiger partial charge in [0.05, 0.1) is 6.61 Å². The van der Waals surface area contributed by atoms with Crippen LogP contribution in [0.25, 0.3) is 6.08 Å². The molecule has 3 rings (SSSR count). The molecule has 0 aliphatic rings. The molecule has 0 unspecified atom stereocenters. The number of nitrogens with zero attached hydrogens (tertiary/aromatic N) is 1. The minimum atomic E-state index is -0.474. The van der Waals surface area contributed by atoms with Crippen LogP contribution in [-0.2, 0) is 11.2 Å². The number of halogens is 2. The zero-order chi connectivity index (χ0) is 24.0. The largest absolute Gasteiger partial charge is 0.494 e. The predicted molar refractivity (Wildman–Crippen MR) is 138 cm³/mol. The van der Waals surface area contributed by atoms with Crippen molar-refractivity contribution in [3.8, 4) is 11.8 Å². The Morgan fingerprint density at radius 3 is 2.64 bits per heavy atom. The van der Waals surface area contributed by atoms with E-state index in [9.17, 15) is 10.1 Å². The van der Waals surface area contributed by atoms with Crippen LogP contribution in [-0.4, -0.2) is 12.5 Å². The molecule has 3 aromatic rings. The number of nitrogens with one attached hydrogen (secondary N) is 1. The SMILES string of the molecule is CCOc1cc(/C=C(\C#N)C(=O)Nc2cc(C)ccc2C)cc(Cl)c1Cc1ccccc1Br. The van der Waals surface area contributed by atoms with Crippen LogP contribution in [0.4, 0.5) is 5.69 Å². The topological polar surface area (TPSA) is 62.1 Å². The van der Waals surface area contributed by atoms with Gasteiger partial charge in [-0.1, -0.05) is 57.9 Å². The summed E-state index contributed by atoms with van der Waals surface area (Å²) in [6.45, 7) is 6.22. The number of hydrogen-bond acceptors (Lipinski definition) is 3. The highest BCUT2D eigenvalue weighted by molar-refractivity contribution is 9.10. The zero-order valence-electron chi connectivity index (χ0n) is 18.7. The molecule has 0 saturated heterocycles. The van der Waals surface area contributed by atoms with Gasteiger partial charge in [-0.15, -0.1) is 0 Å². The molecule has 6 heteroatoms. The van der Waals surface area contributed by atoms with Crippen LogP contribution in [0, 0.1) is 25.2 Å². The Bertz CT molecular complexity index is 1260. The fourth-order valence-electron chi connectivity index (χ4n) is 3.38. The second-order valence-corrected chi connectivity index (χ2v) is 8.88. The summed E-state index contributed by atoms with van der Waals surface area (Å²) in [6.07, 6.45) is 2.11. The summed E-state index contributed by atoms with van der Waals surface area (Å²) < 4.78 is 6.85. The lowest BCUT2D eigenvalue weighted by Gasteiger charge is -2.15. The van der Waals surface area contributed by atoms with E-state index in [2.05, 4.69) is 21.2 Å². The molecule has 4 nitrogen and oxygen atoms in total. The Labute approximate surface area is 208 Å². The number of rotatable bonds is 7. The van der Waals surface area contributed by atoms with Crippen molar-refractivity contribution in [2.45, 2.75) is 27.2 Å². The summed E-state index contributed by atoms with van der Waals surface area (Å²) in [7, 11) is 0. The smallest absolute Gasteiger partial charge is 0.266 e. The molecule has 0 radical (unpaired) electrons. The molecular weight excluding hydrogens is 500 g/mol. The van der Waals surface area contributed by atoms with E-state index >= 15 is 0 Å². The molecule has 0 aliphatic heterocycles. The van der Waals surface area contributed by atoms with Gasteiger partial charge in [0.25, 0.3) is 5.91 Å². The van der Waals surface area contributed by atoms with E-state index in [4.69, 9.17) is 16.3 Å². The molecule has 0 aliphatic carbocycles. The second kappa shape index (κ2) is 11.2. The highest BCUT2D eigenvalue weighted by atomic mass is 79.9. The van der Waals surface area contributed by atoms with Crippen molar-refractivity contribution in [3.63, 3.8) is 0 Å². The first-order valence-corrected chi connectivity index (χ1v) is 11.7. The van der Waals surface area contributed by atoms with Crippen LogP contribution in [0.5, 0.6) is 5.75 Å². The van der Waals surface area contributed by atoms with Gasteiger partial charge in [-0.2, -0.15) is 5.26 Å². The first-order chi connectivity index (χ1) is 15.8. The van der Waals surface area contributed by atoms with Crippen molar-refractivity contribution < 1.29 is 9.53 Å². The van der Waals surface area contributed by atoms with Crippen molar-refractivity contribution in [2.24, 2.45) is 0 Å². The van der Waals surface area contributed by atoms with Gasteiger partial charge in [-0.05, 0) is 73.4 Å². The lowest BCUT2D eigenvalue weighted by atomic mass is 10.0. The molecule has 0 atom stereocenters. The Kier molecular flexibility index (Phi) is 8.32. The first-order valence-electron chi connectivity index (χ1n) is 10.5. The van der Waals surface area contributed by atoms with Crippen molar-refractivity contribution in [1.29, 1.82) is 5.26 Å². The molecule has 0 fully saturated rings. The number of amides is 1. The average molecular weight is 524 g/mol. The zero-order valence-corrected chi connectivity index (χ0v) is 21.0. The van der Waals surface area contributed by atoms with Crippen LogP contribution in [0.2, 0.25) is 5.02 Å². The fraction of sp³-hybridized carbons (Fsp3) is 0.185. The molecule has 168 valence electrons. The summed E-state index contributed by atoms with van der Waals surface area (Å²) >= 11 is 10.2. The Hall–Kier alpha value is -3.07. The number of carbonyl (C=O) groups excluding carboxylic acids is 1. The third-order valence-corrected chi connectivity index (χ3v) is 6.23. The van der Waals surface area contributed by atoms with E-state index in [0.717, 1.165) is 26.7 Å². The second-order valence-electron chi connectivity index (χ2n) is 7.62. The predicted octanol–water partition coefficient (Wildman–Crippen LogP) is 7.25. The van der Waals surface area contributed by atoms with Crippen molar-refractivity contribution in [2.75, 3.05) is 11.9 Å². The monoisotopic (exact) mass is 522 g/mol. The van der Waals surface area contributed by atoms with Crippen LogP contribution in [0.3, 0.4) is 0 Å². The molecule has 0 aromatic heterocycles.